The molecule has 3 aromatic rings. The summed E-state index contributed by atoms with van der Waals surface area (Å²) >= 11 is 0. The van der Waals surface area contributed by atoms with E-state index in [4.69, 9.17) is 4.98 Å². The zero-order valence-corrected chi connectivity index (χ0v) is 23.1. The lowest BCUT2D eigenvalue weighted by molar-refractivity contribution is -0.133. The fourth-order valence-electron chi connectivity index (χ4n) is 6.79. The minimum absolute atomic E-state index is 0.0878. The van der Waals surface area contributed by atoms with Gasteiger partial charge in [-0.3, -0.25) is 14.5 Å². The lowest BCUT2D eigenvalue weighted by Crippen LogP contribution is -2.48. The zero-order chi connectivity index (χ0) is 27.1. The van der Waals surface area contributed by atoms with Crippen LogP contribution >= 0.6 is 0 Å². The quantitative estimate of drug-likeness (QED) is 0.469. The molecule has 0 spiro atoms. The van der Waals surface area contributed by atoms with Crippen LogP contribution in [0.3, 0.4) is 0 Å². The molecule has 1 aliphatic carbocycles. The van der Waals surface area contributed by atoms with Crippen molar-refractivity contribution < 1.29 is 4.79 Å². The molecule has 5 heterocycles. The highest BCUT2D eigenvalue weighted by atomic mass is 16.2. The summed E-state index contributed by atoms with van der Waals surface area (Å²) in [5.74, 6) is 1.83. The van der Waals surface area contributed by atoms with Gasteiger partial charge in [0, 0.05) is 63.3 Å². The number of hydrogen-bond donors (Lipinski definition) is 1. The van der Waals surface area contributed by atoms with Crippen molar-refractivity contribution in [1.29, 1.82) is 0 Å². The lowest BCUT2D eigenvalue weighted by Gasteiger charge is -2.46. The third-order valence-electron chi connectivity index (χ3n) is 9.26. The van der Waals surface area contributed by atoms with Gasteiger partial charge in [-0.25, -0.2) is 4.52 Å². The van der Waals surface area contributed by atoms with E-state index < -0.39 is 0 Å². The molecule has 6 rings (SSSR count). The fraction of sp³-hybridized carbons (Fsp3) is 0.536. The van der Waals surface area contributed by atoms with Gasteiger partial charge in [0.2, 0.25) is 11.9 Å². The number of aliphatic imine (C=N–C) groups is 1. The first kappa shape index (κ1) is 25.5. The fourth-order valence-corrected chi connectivity index (χ4v) is 6.79. The number of pyridine rings is 1. The summed E-state index contributed by atoms with van der Waals surface area (Å²) in [6.07, 6.45) is 9.82. The molecular weight excluding hydrogens is 492 g/mol. The van der Waals surface area contributed by atoms with Crippen LogP contribution in [0.25, 0.3) is 5.65 Å². The number of carbonyl (C=O) groups is 1. The molecule has 3 aromatic heterocycles. The van der Waals surface area contributed by atoms with Gasteiger partial charge in [-0.15, -0.1) is 5.10 Å². The highest BCUT2D eigenvalue weighted by molar-refractivity contribution is 5.76. The average molecular weight is 531 g/mol. The summed E-state index contributed by atoms with van der Waals surface area (Å²) < 4.78 is 3.50. The number of fused-ring (bicyclic) bond motifs is 3. The van der Waals surface area contributed by atoms with Gasteiger partial charge in [0.1, 0.15) is 6.54 Å². The Balaban J connectivity index is 1.18. The summed E-state index contributed by atoms with van der Waals surface area (Å²) in [7, 11) is 2.08. The normalized spacial score (nSPS) is 25.9. The topological polar surface area (TPSA) is 99.2 Å². The maximum absolute atomic E-state index is 12.7. The summed E-state index contributed by atoms with van der Waals surface area (Å²) in [4.78, 5) is 28.3. The number of amides is 1. The van der Waals surface area contributed by atoms with Gasteiger partial charge in [-0.05, 0) is 63.1 Å². The highest BCUT2D eigenvalue weighted by Crippen LogP contribution is 2.55. The second-order valence-electron chi connectivity index (χ2n) is 11.5. The van der Waals surface area contributed by atoms with Gasteiger partial charge in [0.05, 0.1) is 17.6 Å². The van der Waals surface area contributed by atoms with Gasteiger partial charge in [0.15, 0.2) is 5.65 Å². The van der Waals surface area contributed by atoms with Gasteiger partial charge >= 0.3 is 0 Å². The van der Waals surface area contributed by atoms with Crippen LogP contribution in [0, 0.1) is 17.3 Å². The molecular formula is C28H38N10O. The smallest absolute Gasteiger partial charge is 0.247 e. The Morgan fingerprint density at radius 2 is 2.13 bits per heavy atom. The molecule has 39 heavy (non-hydrogen) atoms. The molecule has 3 aliphatic rings. The molecule has 3 atom stereocenters. The van der Waals surface area contributed by atoms with Crippen LogP contribution in [0.1, 0.15) is 26.7 Å². The van der Waals surface area contributed by atoms with Crippen molar-refractivity contribution in [3.05, 3.63) is 42.5 Å². The molecule has 1 N–H and O–H groups in total. The SMILES string of the molecule is C=N/C=C(\C)[C@@]12CC[C@@H](CN(c3cccn4nc(Nc5cnn(CC(=O)N6CCN(C)CC6)c5)nc34)C1)[C@H]2C. The van der Waals surface area contributed by atoms with E-state index in [0.717, 1.165) is 56.3 Å². The molecule has 0 unspecified atom stereocenters. The van der Waals surface area contributed by atoms with Crippen molar-refractivity contribution in [3.63, 3.8) is 0 Å². The number of hydrogen-bond acceptors (Lipinski definition) is 8. The monoisotopic (exact) mass is 530 g/mol. The Labute approximate surface area is 229 Å². The second kappa shape index (κ2) is 10.1. The number of piperidine rings is 1. The predicted octanol–water partition coefficient (Wildman–Crippen LogP) is 2.90. The van der Waals surface area contributed by atoms with Crippen LogP contribution in [0.5, 0.6) is 0 Å². The van der Waals surface area contributed by atoms with Crippen LogP contribution < -0.4 is 10.2 Å². The Morgan fingerprint density at radius 1 is 1.31 bits per heavy atom. The molecule has 2 bridgehead atoms. The Kier molecular flexibility index (Phi) is 6.62. The third kappa shape index (κ3) is 4.69. The predicted molar refractivity (Wildman–Crippen MR) is 152 cm³/mol. The van der Waals surface area contributed by atoms with E-state index >= 15 is 0 Å². The number of carbonyl (C=O) groups excluding carboxylic acids is 1. The molecule has 11 heteroatoms. The maximum atomic E-state index is 12.7. The summed E-state index contributed by atoms with van der Waals surface area (Å²) in [5.41, 5.74) is 4.09. The van der Waals surface area contributed by atoms with Crippen LogP contribution in [-0.4, -0.2) is 93.1 Å². The highest BCUT2D eigenvalue weighted by Gasteiger charge is 2.52. The van der Waals surface area contributed by atoms with Crippen LogP contribution in [0.2, 0.25) is 0 Å². The van der Waals surface area contributed by atoms with Crippen molar-refractivity contribution in [3.8, 4) is 0 Å². The minimum atomic E-state index is 0.0878. The van der Waals surface area contributed by atoms with E-state index in [2.05, 4.69) is 64.0 Å². The van der Waals surface area contributed by atoms with Crippen molar-refractivity contribution in [2.75, 3.05) is 56.5 Å². The first-order valence-corrected chi connectivity index (χ1v) is 13.9. The van der Waals surface area contributed by atoms with E-state index in [0.29, 0.717) is 17.8 Å². The summed E-state index contributed by atoms with van der Waals surface area (Å²) in [5, 5.41) is 12.3. The Morgan fingerprint density at radius 3 is 2.92 bits per heavy atom. The van der Waals surface area contributed by atoms with E-state index in [1.807, 2.05) is 34.1 Å². The third-order valence-corrected chi connectivity index (χ3v) is 9.26. The standard InChI is InChI=1S/C28H38N10O/c1-20(14-29-3)28-8-7-22(21(28)2)16-36(19-28)24-6-5-9-38-26(24)32-27(33-38)31-23-15-30-37(17-23)18-25(39)35-12-10-34(4)11-13-35/h5-6,9,14-15,17,21-22H,3,7-8,10-13,16,18-19H2,1-2,4H3,(H,31,33)/b20-14+/t21-,22+,28-/m1/s1. The molecule has 3 fully saturated rings. The Hall–Kier alpha value is -3.73. The number of aromatic nitrogens is 5. The number of likely N-dealkylation sites (N-methyl/N-ethyl adjacent to an activating group) is 1. The molecule has 206 valence electrons. The van der Waals surface area contributed by atoms with Crippen LogP contribution in [-0.2, 0) is 11.3 Å². The number of piperazine rings is 1. The molecule has 11 nitrogen and oxygen atoms in total. The molecule has 2 saturated heterocycles. The number of rotatable bonds is 7. The van der Waals surface area contributed by atoms with E-state index in [1.165, 1.54) is 18.4 Å². The maximum Gasteiger partial charge on any atom is 0.247 e. The molecule has 2 aliphatic heterocycles. The minimum Gasteiger partial charge on any atom is -0.367 e. The molecule has 1 amide bonds. The van der Waals surface area contributed by atoms with Crippen LogP contribution in [0.15, 0.2) is 47.5 Å². The largest absolute Gasteiger partial charge is 0.367 e. The van der Waals surface area contributed by atoms with E-state index in [-0.39, 0.29) is 17.9 Å². The molecule has 0 aromatic carbocycles. The molecule has 0 radical (unpaired) electrons. The number of anilines is 3. The first-order valence-electron chi connectivity index (χ1n) is 13.9. The van der Waals surface area contributed by atoms with Crippen molar-refractivity contribution in [2.45, 2.75) is 33.2 Å². The van der Waals surface area contributed by atoms with E-state index in [1.54, 1.807) is 10.9 Å². The van der Waals surface area contributed by atoms with Gasteiger partial charge in [-0.2, -0.15) is 10.1 Å². The van der Waals surface area contributed by atoms with Crippen molar-refractivity contribution >= 4 is 35.6 Å². The summed E-state index contributed by atoms with van der Waals surface area (Å²) in [6.45, 7) is 13.8. The molecule has 1 saturated carbocycles. The summed E-state index contributed by atoms with van der Waals surface area (Å²) in [6, 6.07) is 4.17. The van der Waals surface area contributed by atoms with Crippen molar-refractivity contribution in [1.82, 2.24) is 34.2 Å². The average Bonchev–Trinajstić information content (AvgIpc) is 3.58. The first-order chi connectivity index (χ1) is 18.9. The van der Waals surface area contributed by atoms with Gasteiger partial charge < -0.3 is 20.0 Å². The van der Waals surface area contributed by atoms with Crippen molar-refractivity contribution in [2.24, 2.45) is 22.2 Å². The number of nitrogens with zero attached hydrogens (tertiary/aromatic N) is 9. The van der Waals surface area contributed by atoms with Gasteiger partial charge in [-0.1, -0.05) is 6.92 Å². The lowest BCUT2D eigenvalue weighted by atomic mass is 9.69. The van der Waals surface area contributed by atoms with Crippen LogP contribution in [0.4, 0.5) is 17.3 Å². The second-order valence-corrected chi connectivity index (χ2v) is 11.5. The van der Waals surface area contributed by atoms with E-state index in [9.17, 15) is 4.79 Å². The Bertz CT molecular complexity index is 1400. The van der Waals surface area contributed by atoms with Gasteiger partial charge in [0.25, 0.3) is 0 Å². The number of nitrogens with one attached hydrogen (secondary N) is 1. The zero-order valence-electron chi connectivity index (χ0n) is 23.1.